The number of nitrogens with one attached hydrogen (secondary N) is 1. The Morgan fingerprint density at radius 3 is 2.78 bits per heavy atom. The predicted molar refractivity (Wildman–Crippen MR) is 89.8 cm³/mol. The van der Waals surface area contributed by atoms with E-state index in [0.717, 1.165) is 16.8 Å². The number of rotatable bonds is 1. The maximum absolute atomic E-state index is 11.1. The minimum Gasteiger partial charge on any atom is -0.447 e. The minimum atomic E-state index is -0.375. The van der Waals surface area contributed by atoms with Gasteiger partial charge in [-0.25, -0.2) is 9.78 Å². The van der Waals surface area contributed by atoms with Gasteiger partial charge in [-0.2, -0.15) is 0 Å². The van der Waals surface area contributed by atoms with Crippen LogP contribution in [0.1, 0.15) is 29.8 Å². The maximum atomic E-state index is 11.1. The number of amides is 1. The molecule has 116 valence electrons. The lowest BCUT2D eigenvalue weighted by atomic mass is 10.1. The standard InChI is InChI=1S/C16H12N2O2.C3H6/c19-16-18-15(11-20-16)13-5-3-4-12(10-13)7-8-14-6-1-2-9-17-14;1-3-2/h1-6,9-10,15H,11H2,(H,18,19);3H,1H2,2H3/t15-;/m0./s1. The highest BCUT2D eigenvalue weighted by molar-refractivity contribution is 5.70. The lowest BCUT2D eigenvalue weighted by Crippen LogP contribution is -2.18. The quantitative estimate of drug-likeness (QED) is 0.648. The summed E-state index contributed by atoms with van der Waals surface area (Å²) in [6.45, 7) is 5.61. The molecule has 1 atom stereocenters. The van der Waals surface area contributed by atoms with Gasteiger partial charge in [0.2, 0.25) is 0 Å². The van der Waals surface area contributed by atoms with Gasteiger partial charge in [0.1, 0.15) is 12.3 Å². The van der Waals surface area contributed by atoms with Gasteiger partial charge in [-0.05, 0) is 42.7 Å². The zero-order valence-corrected chi connectivity index (χ0v) is 13.0. The molecule has 4 heteroatoms. The van der Waals surface area contributed by atoms with Gasteiger partial charge in [-0.3, -0.25) is 0 Å². The van der Waals surface area contributed by atoms with Gasteiger partial charge >= 0.3 is 6.09 Å². The Balaban J connectivity index is 0.000000595. The van der Waals surface area contributed by atoms with Crippen molar-refractivity contribution in [2.24, 2.45) is 0 Å². The van der Waals surface area contributed by atoms with Crippen LogP contribution >= 0.6 is 0 Å². The van der Waals surface area contributed by atoms with Crippen molar-refractivity contribution in [3.8, 4) is 11.8 Å². The number of nitrogens with zero attached hydrogens (tertiary/aromatic N) is 1. The summed E-state index contributed by atoms with van der Waals surface area (Å²) in [5.41, 5.74) is 2.60. The number of pyridine rings is 1. The molecule has 1 aromatic carbocycles. The largest absolute Gasteiger partial charge is 0.447 e. The van der Waals surface area contributed by atoms with E-state index < -0.39 is 0 Å². The first-order valence-electron chi connectivity index (χ1n) is 7.26. The fourth-order valence-electron chi connectivity index (χ4n) is 1.97. The molecule has 0 aliphatic carbocycles. The van der Waals surface area contributed by atoms with E-state index in [0.29, 0.717) is 6.61 Å². The van der Waals surface area contributed by atoms with Crippen molar-refractivity contribution < 1.29 is 9.53 Å². The van der Waals surface area contributed by atoms with Gasteiger partial charge in [0.25, 0.3) is 0 Å². The maximum Gasteiger partial charge on any atom is 0.407 e. The van der Waals surface area contributed by atoms with Crippen LogP contribution in [0.25, 0.3) is 0 Å². The number of allylic oxidation sites excluding steroid dienone is 1. The van der Waals surface area contributed by atoms with E-state index in [1.807, 2.05) is 49.4 Å². The average molecular weight is 306 g/mol. The van der Waals surface area contributed by atoms with Crippen molar-refractivity contribution in [1.29, 1.82) is 0 Å². The van der Waals surface area contributed by atoms with E-state index >= 15 is 0 Å². The van der Waals surface area contributed by atoms with Gasteiger partial charge in [0, 0.05) is 11.8 Å². The Morgan fingerprint density at radius 1 is 1.30 bits per heavy atom. The molecule has 2 heterocycles. The molecule has 1 N–H and O–H groups in total. The Morgan fingerprint density at radius 2 is 2.13 bits per heavy atom. The summed E-state index contributed by atoms with van der Waals surface area (Å²) in [5.74, 6) is 6.08. The number of hydrogen-bond acceptors (Lipinski definition) is 3. The molecule has 4 nitrogen and oxygen atoms in total. The molecule has 0 bridgehead atoms. The molecule has 0 spiro atoms. The molecule has 1 saturated heterocycles. The number of ether oxygens (including phenoxy) is 1. The average Bonchev–Trinajstić information content (AvgIpc) is 3.02. The molecular weight excluding hydrogens is 288 g/mol. The summed E-state index contributed by atoms with van der Waals surface area (Å²) in [7, 11) is 0. The molecule has 1 fully saturated rings. The lowest BCUT2D eigenvalue weighted by Gasteiger charge is -2.07. The van der Waals surface area contributed by atoms with E-state index in [1.54, 1.807) is 12.3 Å². The first-order valence-corrected chi connectivity index (χ1v) is 7.26. The normalized spacial score (nSPS) is 15.2. The molecule has 0 radical (unpaired) electrons. The van der Waals surface area contributed by atoms with E-state index in [4.69, 9.17) is 4.74 Å². The number of aromatic nitrogens is 1. The number of alkyl carbamates (subject to hydrolysis) is 1. The van der Waals surface area contributed by atoms with Gasteiger partial charge < -0.3 is 10.1 Å². The Bertz CT molecular complexity index is 730. The van der Waals surface area contributed by atoms with Crippen molar-refractivity contribution in [2.45, 2.75) is 13.0 Å². The molecule has 1 aliphatic heterocycles. The third-order valence-corrected chi connectivity index (χ3v) is 2.96. The van der Waals surface area contributed by atoms with Crippen molar-refractivity contribution in [2.75, 3.05) is 6.61 Å². The monoisotopic (exact) mass is 306 g/mol. The number of cyclic esters (lactones) is 1. The van der Waals surface area contributed by atoms with Crippen molar-refractivity contribution in [1.82, 2.24) is 10.3 Å². The second-order valence-electron chi connectivity index (χ2n) is 4.79. The molecule has 1 aromatic heterocycles. The van der Waals surface area contributed by atoms with Crippen LogP contribution in [0.15, 0.2) is 61.3 Å². The van der Waals surface area contributed by atoms with E-state index in [9.17, 15) is 4.79 Å². The fraction of sp³-hybridized carbons (Fsp3) is 0.158. The first kappa shape index (κ1) is 16.3. The lowest BCUT2D eigenvalue weighted by molar-refractivity contribution is 0.177. The van der Waals surface area contributed by atoms with Crippen molar-refractivity contribution in [3.63, 3.8) is 0 Å². The summed E-state index contributed by atoms with van der Waals surface area (Å²) in [5, 5.41) is 2.75. The smallest absolute Gasteiger partial charge is 0.407 e. The van der Waals surface area contributed by atoms with Gasteiger partial charge in [-0.15, -0.1) is 6.58 Å². The molecule has 0 saturated carbocycles. The van der Waals surface area contributed by atoms with Crippen LogP contribution in [-0.4, -0.2) is 17.7 Å². The van der Waals surface area contributed by atoms with Gasteiger partial charge in [0.05, 0.1) is 6.04 Å². The number of carbonyl (C=O) groups excluding carboxylic acids is 1. The predicted octanol–water partition coefficient (Wildman–Crippen LogP) is 3.45. The molecule has 0 unspecified atom stereocenters. The molecule has 2 aromatic rings. The summed E-state index contributed by atoms with van der Waals surface area (Å²) in [6.07, 6.45) is 3.09. The molecular formula is C19H18N2O2. The highest BCUT2D eigenvalue weighted by Crippen LogP contribution is 2.18. The SMILES string of the molecule is C=CC.O=C1N[C@H](c2cccc(C#Cc3ccccn3)c2)CO1. The number of hydrogen-bond donors (Lipinski definition) is 1. The fourth-order valence-corrected chi connectivity index (χ4v) is 1.97. The Labute approximate surface area is 136 Å². The second-order valence-corrected chi connectivity index (χ2v) is 4.79. The summed E-state index contributed by atoms with van der Waals surface area (Å²) in [4.78, 5) is 15.2. The zero-order chi connectivity index (χ0) is 16.5. The minimum absolute atomic E-state index is 0.0981. The third kappa shape index (κ3) is 5.01. The van der Waals surface area contributed by atoms with Crippen LogP contribution < -0.4 is 5.32 Å². The van der Waals surface area contributed by atoms with E-state index in [-0.39, 0.29) is 12.1 Å². The Hall–Kier alpha value is -3.06. The van der Waals surface area contributed by atoms with Crippen molar-refractivity contribution >= 4 is 6.09 Å². The number of benzene rings is 1. The zero-order valence-electron chi connectivity index (χ0n) is 13.0. The molecule has 23 heavy (non-hydrogen) atoms. The second kappa shape index (κ2) is 8.40. The van der Waals surface area contributed by atoms with Crippen LogP contribution in [0.5, 0.6) is 0 Å². The topological polar surface area (TPSA) is 51.2 Å². The van der Waals surface area contributed by atoms with Crippen LogP contribution in [-0.2, 0) is 4.74 Å². The van der Waals surface area contributed by atoms with Crippen LogP contribution in [0.2, 0.25) is 0 Å². The van der Waals surface area contributed by atoms with Crippen molar-refractivity contribution in [3.05, 3.63) is 78.1 Å². The van der Waals surface area contributed by atoms with Crippen LogP contribution in [0, 0.1) is 11.8 Å². The van der Waals surface area contributed by atoms with Crippen LogP contribution in [0.4, 0.5) is 4.79 Å². The first-order chi connectivity index (χ1) is 11.2. The molecule has 3 rings (SSSR count). The summed E-state index contributed by atoms with van der Waals surface area (Å²) in [6, 6.07) is 13.3. The highest BCUT2D eigenvalue weighted by atomic mass is 16.6. The van der Waals surface area contributed by atoms with Gasteiger partial charge in [-0.1, -0.05) is 30.2 Å². The highest BCUT2D eigenvalue weighted by Gasteiger charge is 2.23. The van der Waals surface area contributed by atoms with Gasteiger partial charge in [0.15, 0.2) is 0 Å². The van der Waals surface area contributed by atoms with E-state index in [2.05, 4.69) is 28.7 Å². The summed E-state index contributed by atoms with van der Waals surface area (Å²) < 4.78 is 4.89. The molecule has 1 amide bonds. The number of carbonyl (C=O) groups is 1. The van der Waals surface area contributed by atoms with E-state index in [1.165, 1.54) is 0 Å². The molecule has 1 aliphatic rings. The third-order valence-electron chi connectivity index (χ3n) is 2.96. The Kier molecular flexibility index (Phi) is 5.96. The summed E-state index contributed by atoms with van der Waals surface area (Å²) >= 11 is 0. The van der Waals surface area contributed by atoms with Crippen LogP contribution in [0.3, 0.4) is 0 Å².